The van der Waals surface area contributed by atoms with Crippen LogP contribution in [0.5, 0.6) is 0 Å². The number of benzene rings is 1. The van der Waals surface area contributed by atoms with Gasteiger partial charge >= 0.3 is 0 Å². The van der Waals surface area contributed by atoms with Crippen LogP contribution in [0.2, 0.25) is 0 Å². The predicted molar refractivity (Wildman–Crippen MR) is 106 cm³/mol. The van der Waals surface area contributed by atoms with Gasteiger partial charge in [-0.1, -0.05) is 12.1 Å². The second-order valence-corrected chi connectivity index (χ2v) is 8.55. The van der Waals surface area contributed by atoms with Crippen LogP contribution in [0.1, 0.15) is 49.8 Å². The standard InChI is InChI=1S/C22H30F2N2O2/c1-3-9-22(23,24)15-4-7-20-19(11-15)21-18(14(2)25-20)6-5-17(28-21)13-26-10-8-16(27)12-26/h3-4,7,11,14,16-18,21,25,27H,1,5-6,8-10,12-13H2,2H3/t14-,16-,17+,18-,21-/m0/s1. The van der Waals surface area contributed by atoms with Gasteiger partial charge in [0.05, 0.1) is 18.3 Å². The molecule has 0 aromatic heterocycles. The SMILES string of the molecule is C=CCC(F)(F)c1ccc2c(c1)[C@H]1O[C@@H](CN3CC[C@H](O)C3)CC[C@H]1[C@H](C)N2. The van der Waals surface area contributed by atoms with E-state index < -0.39 is 5.92 Å². The van der Waals surface area contributed by atoms with Crippen molar-refractivity contribution < 1.29 is 18.6 Å². The van der Waals surface area contributed by atoms with Crippen molar-refractivity contribution in [1.29, 1.82) is 0 Å². The Bertz CT molecular complexity index is 726. The molecule has 2 N–H and O–H groups in total. The summed E-state index contributed by atoms with van der Waals surface area (Å²) in [6.45, 7) is 7.98. The van der Waals surface area contributed by atoms with Gasteiger partial charge in [0.2, 0.25) is 0 Å². The molecule has 0 bridgehead atoms. The number of fused-ring (bicyclic) bond motifs is 3. The highest BCUT2D eigenvalue weighted by molar-refractivity contribution is 5.57. The number of anilines is 1. The Morgan fingerprint density at radius 1 is 1.36 bits per heavy atom. The maximum absolute atomic E-state index is 14.4. The molecule has 4 rings (SSSR count). The molecule has 6 heteroatoms. The van der Waals surface area contributed by atoms with E-state index in [1.54, 1.807) is 12.1 Å². The summed E-state index contributed by atoms with van der Waals surface area (Å²) in [5.41, 5.74) is 1.76. The van der Waals surface area contributed by atoms with Crippen molar-refractivity contribution in [1.82, 2.24) is 4.90 Å². The van der Waals surface area contributed by atoms with Crippen molar-refractivity contribution in [2.75, 3.05) is 25.0 Å². The van der Waals surface area contributed by atoms with Gasteiger partial charge in [-0.15, -0.1) is 6.58 Å². The van der Waals surface area contributed by atoms with E-state index in [-0.39, 0.29) is 42.3 Å². The number of allylic oxidation sites excluding steroid dienone is 1. The average Bonchev–Trinajstić information content (AvgIpc) is 3.06. The van der Waals surface area contributed by atoms with Crippen molar-refractivity contribution in [3.8, 4) is 0 Å². The average molecular weight is 392 g/mol. The van der Waals surface area contributed by atoms with E-state index in [2.05, 4.69) is 23.7 Å². The molecule has 0 amide bonds. The zero-order valence-electron chi connectivity index (χ0n) is 16.4. The second-order valence-electron chi connectivity index (χ2n) is 8.55. The third-order valence-corrected chi connectivity index (χ3v) is 6.47. The molecular weight excluding hydrogens is 362 g/mol. The Labute approximate surface area is 165 Å². The minimum absolute atomic E-state index is 0.0228. The third kappa shape index (κ3) is 3.82. The topological polar surface area (TPSA) is 44.7 Å². The lowest BCUT2D eigenvalue weighted by atomic mass is 9.79. The van der Waals surface area contributed by atoms with Gasteiger partial charge < -0.3 is 15.2 Å². The molecule has 2 fully saturated rings. The van der Waals surface area contributed by atoms with Gasteiger partial charge in [0, 0.05) is 54.8 Å². The Hall–Kier alpha value is -1.50. The van der Waals surface area contributed by atoms with Gasteiger partial charge in [0.1, 0.15) is 0 Å². The van der Waals surface area contributed by atoms with E-state index in [0.717, 1.165) is 43.6 Å². The summed E-state index contributed by atoms with van der Waals surface area (Å²) in [7, 11) is 0. The van der Waals surface area contributed by atoms with Gasteiger partial charge in [-0.2, -0.15) is 0 Å². The fourth-order valence-electron chi connectivity index (χ4n) is 4.93. The molecule has 0 unspecified atom stereocenters. The van der Waals surface area contributed by atoms with Crippen LogP contribution in [0.4, 0.5) is 14.5 Å². The first-order chi connectivity index (χ1) is 13.4. The van der Waals surface area contributed by atoms with Gasteiger partial charge in [-0.25, -0.2) is 8.78 Å². The van der Waals surface area contributed by atoms with Crippen molar-refractivity contribution in [3.05, 3.63) is 42.0 Å². The number of hydrogen-bond donors (Lipinski definition) is 2. The van der Waals surface area contributed by atoms with Crippen molar-refractivity contribution >= 4 is 5.69 Å². The Morgan fingerprint density at radius 2 is 2.18 bits per heavy atom. The minimum Gasteiger partial charge on any atom is -0.392 e. The van der Waals surface area contributed by atoms with Gasteiger partial charge in [0.15, 0.2) is 0 Å². The highest BCUT2D eigenvalue weighted by Crippen LogP contribution is 2.47. The van der Waals surface area contributed by atoms with Crippen molar-refractivity contribution in [3.63, 3.8) is 0 Å². The third-order valence-electron chi connectivity index (χ3n) is 6.47. The maximum atomic E-state index is 14.4. The molecule has 0 aliphatic carbocycles. The molecule has 0 saturated carbocycles. The summed E-state index contributed by atoms with van der Waals surface area (Å²) in [6.07, 6.45) is 3.33. The number of ether oxygens (including phenoxy) is 1. The monoisotopic (exact) mass is 392 g/mol. The zero-order chi connectivity index (χ0) is 19.9. The number of hydrogen-bond acceptors (Lipinski definition) is 4. The summed E-state index contributed by atoms with van der Waals surface area (Å²) in [5.74, 6) is -2.65. The normalized spacial score (nSPS) is 33.1. The summed E-state index contributed by atoms with van der Waals surface area (Å²) in [6, 6.07) is 5.13. The summed E-state index contributed by atoms with van der Waals surface area (Å²) in [4.78, 5) is 2.25. The first-order valence-corrected chi connectivity index (χ1v) is 10.3. The lowest BCUT2D eigenvalue weighted by molar-refractivity contribution is -0.100. The molecule has 2 saturated heterocycles. The molecule has 3 heterocycles. The molecule has 3 aliphatic heterocycles. The highest BCUT2D eigenvalue weighted by Gasteiger charge is 2.42. The van der Waals surface area contributed by atoms with Crippen LogP contribution < -0.4 is 5.32 Å². The Balaban J connectivity index is 1.56. The van der Waals surface area contributed by atoms with E-state index in [1.165, 1.54) is 12.1 Å². The highest BCUT2D eigenvalue weighted by atomic mass is 19.3. The van der Waals surface area contributed by atoms with Crippen LogP contribution in [0, 0.1) is 5.92 Å². The summed E-state index contributed by atoms with van der Waals surface area (Å²) in [5, 5.41) is 13.2. The Morgan fingerprint density at radius 3 is 2.89 bits per heavy atom. The minimum atomic E-state index is -2.92. The molecular formula is C22H30F2N2O2. The number of aliphatic hydroxyl groups excluding tert-OH is 1. The molecule has 28 heavy (non-hydrogen) atoms. The van der Waals surface area contributed by atoms with Crippen molar-refractivity contribution in [2.45, 2.75) is 62.9 Å². The van der Waals surface area contributed by atoms with E-state index in [4.69, 9.17) is 4.74 Å². The molecule has 0 spiro atoms. The number of aliphatic hydroxyl groups is 1. The number of halogens is 2. The summed E-state index contributed by atoms with van der Waals surface area (Å²) >= 11 is 0. The lowest BCUT2D eigenvalue weighted by Gasteiger charge is -2.45. The van der Waals surface area contributed by atoms with E-state index in [1.807, 2.05) is 0 Å². The van der Waals surface area contributed by atoms with Gasteiger partial charge in [0.25, 0.3) is 5.92 Å². The first kappa shape index (κ1) is 19.8. The number of rotatable bonds is 5. The van der Waals surface area contributed by atoms with E-state index >= 15 is 0 Å². The van der Waals surface area contributed by atoms with Crippen LogP contribution in [-0.4, -0.2) is 47.9 Å². The maximum Gasteiger partial charge on any atom is 0.276 e. The first-order valence-electron chi connectivity index (χ1n) is 10.3. The van der Waals surface area contributed by atoms with Gasteiger partial charge in [-0.05, 0) is 38.3 Å². The quantitative estimate of drug-likeness (QED) is 0.742. The molecule has 5 atom stereocenters. The second kappa shape index (κ2) is 7.73. The van der Waals surface area contributed by atoms with Gasteiger partial charge in [-0.3, -0.25) is 4.90 Å². The molecule has 4 nitrogen and oxygen atoms in total. The fourth-order valence-corrected chi connectivity index (χ4v) is 4.93. The summed E-state index contributed by atoms with van der Waals surface area (Å²) < 4.78 is 35.4. The number of nitrogens with zero attached hydrogens (tertiary/aromatic N) is 1. The molecule has 154 valence electrons. The fraction of sp³-hybridized carbons (Fsp3) is 0.636. The number of β-amino-alcohol motifs (C(OH)–C–C–N with tert-alkyl or cyclic N) is 1. The predicted octanol–water partition coefficient (Wildman–Crippen LogP) is 4.07. The number of likely N-dealkylation sites (tertiary alicyclic amines) is 1. The largest absolute Gasteiger partial charge is 0.392 e. The Kier molecular flexibility index (Phi) is 5.47. The number of nitrogens with one attached hydrogen (secondary N) is 1. The molecule has 0 radical (unpaired) electrons. The molecule has 1 aromatic carbocycles. The van der Waals surface area contributed by atoms with Crippen LogP contribution in [0.15, 0.2) is 30.9 Å². The van der Waals surface area contributed by atoms with E-state index in [0.29, 0.717) is 6.54 Å². The van der Waals surface area contributed by atoms with Crippen LogP contribution in [0.3, 0.4) is 0 Å². The van der Waals surface area contributed by atoms with Crippen LogP contribution >= 0.6 is 0 Å². The van der Waals surface area contributed by atoms with E-state index in [9.17, 15) is 13.9 Å². The molecule has 3 aliphatic rings. The van der Waals surface area contributed by atoms with Crippen LogP contribution in [-0.2, 0) is 10.7 Å². The number of alkyl halides is 2. The van der Waals surface area contributed by atoms with Crippen LogP contribution in [0.25, 0.3) is 0 Å². The lowest BCUT2D eigenvalue weighted by Crippen LogP contribution is -2.45. The zero-order valence-corrected chi connectivity index (χ0v) is 16.4. The van der Waals surface area contributed by atoms with Crippen molar-refractivity contribution in [2.24, 2.45) is 5.92 Å². The smallest absolute Gasteiger partial charge is 0.276 e. The molecule has 1 aromatic rings.